The smallest absolute Gasteiger partial charge is 0.236 e. The number of fused-ring (bicyclic) bond motifs is 4. The summed E-state index contributed by atoms with van der Waals surface area (Å²) < 4.78 is 1.99. The van der Waals surface area contributed by atoms with E-state index in [1.54, 1.807) is 4.90 Å². The van der Waals surface area contributed by atoms with Gasteiger partial charge in [0.25, 0.3) is 0 Å². The average molecular weight is 382 g/mol. The van der Waals surface area contributed by atoms with Crippen LogP contribution in [0.1, 0.15) is 24.0 Å². The third-order valence-electron chi connectivity index (χ3n) is 6.14. The Morgan fingerprint density at radius 1 is 1.07 bits per heavy atom. The summed E-state index contributed by atoms with van der Waals surface area (Å²) in [5, 5.41) is 4.36. The second kappa shape index (κ2) is 8.45. The molecule has 2 atom stereocenters. The Morgan fingerprint density at radius 3 is 2.57 bits per heavy atom. The minimum atomic E-state index is 0.206. The van der Waals surface area contributed by atoms with Crippen LogP contribution in [0.25, 0.3) is 0 Å². The Balaban J connectivity index is 1.45. The highest BCUT2D eigenvalue weighted by Crippen LogP contribution is 2.29. The van der Waals surface area contributed by atoms with Gasteiger partial charge in [0.15, 0.2) is 0 Å². The molecule has 28 heavy (non-hydrogen) atoms. The number of piperidine rings is 1. The Bertz CT molecular complexity index is 788. The van der Waals surface area contributed by atoms with E-state index in [0.717, 1.165) is 32.7 Å². The zero-order chi connectivity index (χ0) is 19.5. The molecule has 3 aliphatic rings. The number of hydrogen-bond acceptors (Lipinski definition) is 4. The van der Waals surface area contributed by atoms with E-state index in [9.17, 15) is 4.79 Å². The summed E-state index contributed by atoms with van der Waals surface area (Å²) in [5.41, 5.74) is 2.73. The molecule has 6 nitrogen and oxygen atoms in total. The summed E-state index contributed by atoms with van der Waals surface area (Å²) in [6, 6.07) is 11.2. The van der Waals surface area contributed by atoms with Gasteiger partial charge in [0.1, 0.15) is 0 Å². The van der Waals surface area contributed by atoms with Crippen LogP contribution in [-0.2, 0) is 17.9 Å². The van der Waals surface area contributed by atoms with Crippen molar-refractivity contribution in [3.05, 3.63) is 53.9 Å². The lowest BCUT2D eigenvalue weighted by molar-refractivity contribution is -0.130. The number of rotatable bonds is 6. The largest absolute Gasteiger partial charge is 0.348 e. The fraction of sp³-hybridized carbons (Fsp3) is 0.545. The van der Waals surface area contributed by atoms with Crippen molar-refractivity contribution in [2.45, 2.75) is 32.0 Å². The summed E-state index contributed by atoms with van der Waals surface area (Å²) in [4.78, 5) is 18.9. The molecule has 6 heteroatoms. The Kier molecular flexibility index (Phi) is 5.78. The second-order valence-electron chi connectivity index (χ2n) is 8.48. The van der Waals surface area contributed by atoms with E-state index in [1.165, 1.54) is 24.0 Å². The Labute approximate surface area is 167 Å². The summed E-state index contributed by atoms with van der Waals surface area (Å²) in [6.45, 7) is 5.51. The summed E-state index contributed by atoms with van der Waals surface area (Å²) >= 11 is 0. The number of hydrogen-bond donors (Lipinski definition) is 0. The van der Waals surface area contributed by atoms with Gasteiger partial charge in [-0.3, -0.25) is 19.3 Å². The zero-order valence-electron chi connectivity index (χ0n) is 17.0. The molecule has 5 rings (SSSR count). The van der Waals surface area contributed by atoms with Crippen molar-refractivity contribution in [1.82, 2.24) is 24.5 Å². The van der Waals surface area contributed by atoms with E-state index < -0.39 is 0 Å². The minimum absolute atomic E-state index is 0.206. The van der Waals surface area contributed by atoms with E-state index in [4.69, 9.17) is 0 Å². The van der Waals surface area contributed by atoms with Crippen LogP contribution in [0.15, 0.2) is 42.7 Å². The highest BCUT2D eigenvalue weighted by molar-refractivity contribution is 5.77. The van der Waals surface area contributed by atoms with Crippen LogP contribution >= 0.6 is 0 Å². The maximum Gasteiger partial charge on any atom is 0.236 e. The normalized spacial score (nSPS) is 22.9. The molecule has 0 aliphatic carbocycles. The average Bonchev–Trinajstić information content (AvgIpc) is 3.04. The van der Waals surface area contributed by atoms with Crippen molar-refractivity contribution >= 4 is 5.91 Å². The van der Waals surface area contributed by atoms with Crippen molar-refractivity contribution < 1.29 is 4.79 Å². The van der Waals surface area contributed by atoms with Crippen molar-refractivity contribution in [3.63, 3.8) is 0 Å². The molecule has 1 aromatic carbocycles. The molecule has 1 amide bonds. The van der Waals surface area contributed by atoms with Gasteiger partial charge >= 0.3 is 0 Å². The van der Waals surface area contributed by atoms with Gasteiger partial charge in [-0.2, -0.15) is 5.10 Å². The van der Waals surface area contributed by atoms with Crippen molar-refractivity contribution in [1.29, 1.82) is 0 Å². The van der Waals surface area contributed by atoms with Gasteiger partial charge in [-0.1, -0.05) is 24.3 Å². The van der Waals surface area contributed by atoms with E-state index in [1.807, 2.05) is 37.2 Å². The molecule has 0 unspecified atom stereocenters. The molecule has 3 fully saturated rings. The standard InChI is InChI=1S/C22H31N5O/c1-24(2)22(28)17-25-12-18-8-9-21(16-25)26(13-18)14-19-6-3-4-7-20(19)15-27-11-5-10-23-27/h3-7,10-11,18,21H,8-9,12-17H2,1-2H3/t18-,21+/m1/s1. The van der Waals surface area contributed by atoms with E-state index in [0.29, 0.717) is 18.5 Å². The molecule has 0 radical (unpaired) electrons. The quantitative estimate of drug-likeness (QED) is 0.767. The number of likely N-dealkylation sites (N-methyl/N-ethyl adjacent to an activating group) is 1. The van der Waals surface area contributed by atoms with Gasteiger partial charge in [-0.05, 0) is 36.0 Å². The van der Waals surface area contributed by atoms with Gasteiger partial charge in [-0.15, -0.1) is 0 Å². The molecular formula is C22H31N5O. The van der Waals surface area contributed by atoms with Crippen LogP contribution < -0.4 is 0 Å². The summed E-state index contributed by atoms with van der Waals surface area (Å²) in [5.74, 6) is 0.865. The second-order valence-corrected chi connectivity index (χ2v) is 8.48. The third kappa shape index (κ3) is 4.45. The molecule has 3 aliphatic heterocycles. The molecule has 150 valence electrons. The lowest BCUT2D eigenvalue weighted by atomic mass is 9.94. The van der Waals surface area contributed by atoms with Gasteiger partial charge in [-0.25, -0.2) is 0 Å². The van der Waals surface area contributed by atoms with Gasteiger partial charge < -0.3 is 4.90 Å². The lowest BCUT2D eigenvalue weighted by Crippen LogP contribution is -2.44. The predicted octanol–water partition coefficient (Wildman–Crippen LogP) is 1.92. The number of carbonyl (C=O) groups is 1. The molecule has 2 bridgehead atoms. The first-order chi connectivity index (χ1) is 13.6. The fourth-order valence-corrected chi connectivity index (χ4v) is 4.58. The molecule has 4 heterocycles. The van der Waals surface area contributed by atoms with Crippen LogP contribution in [0.5, 0.6) is 0 Å². The van der Waals surface area contributed by atoms with Crippen LogP contribution in [0, 0.1) is 5.92 Å². The topological polar surface area (TPSA) is 44.6 Å². The highest BCUT2D eigenvalue weighted by Gasteiger charge is 2.35. The molecule has 0 N–H and O–H groups in total. The SMILES string of the molecule is CN(C)C(=O)CN1C[C@H]2CC[C@@H](C1)N(Cc1ccccc1Cn1cccn1)C2. The first-order valence-corrected chi connectivity index (χ1v) is 10.3. The number of nitrogens with zero attached hydrogens (tertiary/aromatic N) is 5. The summed E-state index contributed by atoms with van der Waals surface area (Å²) in [7, 11) is 3.69. The van der Waals surface area contributed by atoms with Crippen LogP contribution in [-0.4, -0.2) is 76.7 Å². The fourth-order valence-electron chi connectivity index (χ4n) is 4.58. The lowest BCUT2D eigenvalue weighted by Gasteiger charge is -2.36. The van der Waals surface area contributed by atoms with Crippen molar-refractivity contribution in [2.24, 2.45) is 5.92 Å². The molecule has 2 aromatic rings. The molecule has 3 saturated heterocycles. The van der Waals surface area contributed by atoms with Gasteiger partial charge in [0, 0.05) is 58.7 Å². The zero-order valence-corrected chi connectivity index (χ0v) is 17.0. The van der Waals surface area contributed by atoms with Gasteiger partial charge in [0.2, 0.25) is 5.91 Å². The van der Waals surface area contributed by atoms with Crippen LogP contribution in [0.2, 0.25) is 0 Å². The van der Waals surface area contributed by atoms with E-state index in [-0.39, 0.29) is 5.91 Å². The number of amides is 1. The van der Waals surface area contributed by atoms with Crippen molar-refractivity contribution in [2.75, 3.05) is 40.3 Å². The van der Waals surface area contributed by atoms with Crippen molar-refractivity contribution in [3.8, 4) is 0 Å². The summed E-state index contributed by atoms with van der Waals surface area (Å²) in [6.07, 6.45) is 6.37. The first kappa shape index (κ1) is 19.2. The number of benzene rings is 1. The van der Waals surface area contributed by atoms with Crippen LogP contribution in [0.4, 0.5) is 0 Å². The monoisotopic (exact) mass is 381 g/mol. The van der Waals surface area contributed by atoms with E-state index >= 15 is 0 Å². The Hall–Kier alpha value is -2.18. The van der Waals surface area contributed by atoms with Gasteiger partial charge in [0.05, 0.1) is 13.1 Å². The van der Waals surface area contributed by atoms with Crippen LogP contribution in [0.3, 0.4) is 0 Å². The number of aromatic nitrogens is 2. The molecule has 0 saturated carbocycles. The minimum Gasteiger partial charge on any atom is -0.348 e. The first-order valence-electron chi connectivity index (χ1n) is 10.3. The Morgan fingerprint density at radius 2 is 1.86 bits per heavy atom. The highest BCUT2D eigenvalue weighted by atomic mass is 16.2. The number of carbonyl (C=O) groups excluding carboxylic acids is 1. The molecule has 1 aromatic heterocycles. The van der Waals surface area contributed by atoms with E-state index in [2.05, 4.69) is 39.2 Å². The maximum absolute atomic E-state index is 12.2. The predicted molar refractivity (Wildman–Crippen MR) is 110 cm³/mol. The molecular weight excluding hydrogens is 350 g/mol. The maximum atomic E-state index is 12.2. The molecule has 0 spiro atoms. The third-order valence-corrected chi connectivity index (χ3v) is 6.14.